The molecule has 1 atom stereocenters. The molecule has 0 aromatic heterocycles. The van der Waals surface area contributed by atoms with Crippen LogP contribution in [0.4, 0.5) is 5.69 Å². The maximum absolute atomic E-state index is 3.68. The summed E-state index contributed by atoms with van der Waals surface area (Å²) in [4.78, 5) is 0. The highest BCUT2D eigenvalue weighted by molar-refractivity contribution is 9.10. The Labute approximate surface area is 107 Å². The van der Waals surface area contributed by atoms with Crippen LogP contribution < -0.4 is 5.32 Å². The van der Waals surface area contributed by atoms with E-state index in [0.29, 0.717) is 6.04 Å². The molecule has 2 heteroatoms. The fourth-order valence-electron chi connectivity index (χ4n) is 2.52. The van der Waals surface area contributed by atoms with Crippen molar-refractivity contribution >= 4 is 21.6 Å². The van der Waals surface area contributed by atoms with Crippen LogP contribution in [0.5, 0.6) is 0 Å². The lowest BCUT2D eigenvalue weighted by molar-refractivity contribution is 0.487. The molecule has 2 rings (SSSR count). The van der Waals surface area contributed by atoms with Crippen LogP contribution in [0.3, 0.4) is 0 Å². The van der Waals surface area contributed by atoms with Gasteiger partial charge in [-0.15, -0.1) is 0 Å². The molecule has 1 aromatic rings. The topological polar surface area (TPSA) is 12.0 Å². The summed E-state index contributed by atoms with van der Waals surface area (Å²) in [7, 11) is 0. The maximum Gasteiger partial charge on any atom is 0.0519 e. The van der Waals surface area contributed by atoms with Gasteiger partial charge in [0.15, 0.2) is 0 Å². The van der Waals surface area contributed by atoms with Gasteiger partial charge in [-0.2, -0.15) is 0 Å². The number of nitrogens with one attached hydrogen (secondary N) is 1. The Morgan fingerprint density at radius 2 is 2.19 bits per heavy atom. The summed E-state index contributed by atoms with van der Waals surface area (Å²) in [6.45, 7) is 6.74. The first-order valence-electron chi connectivity index (χ1n) is 6.12. The van der Waals surface area contributed by atoms with E-state index in [2.05, 4.69) is 54.2 Å². The number of anilines is 1. The Kier molecular flexibility index (Phi) is 3.58. The van der Waals surface area contributed by atoms with Crippen molar-refractivity contribution in [3.8, 4) is 0 Å². The number of aryl methyl sites for hydroxylation is 2. The van der Waals surface area contributed by atoms with Crippen LogP contribution in [0.15, 0.2) is 16.6 Å². The van der Waals surface area contributed by atoms with E-state index in [0.717, 1.165) is 5.92 Å². The average Bonchev–Trinajstić information content (AvgIpc) is 2.18. The van der Waals surface area contributed by atoms with Crippen molar-refractivity contribution in [3.63, 3.8) is 0 Å². The summed E-state index contributed by atoms with van der Waals surface area (Å²) in [5.41, 5.74) is 4.13. The molecule has 0 amide bonds. The van der Waals surface area contributed by atoms with Crippen molar-refractivity contribution in [3.05, 3.63) is 27.7 Å². The maximum atomic E-state index is 3.68. The summed E-state index contributed by atoms with van der Waals surface area (Å²) >= 11 is 3.66. The number of fused-ring (bicyclic) bond motifs is 1. The number of benzene rings is 1. The fraction of sp³-hybridized carbons (Fsp3) is 0.571. The fourth-order valence-corrected chi connectivity index (χ4v) is 3.25. The quantitative estimate of drug-likeness (QED) is 0.840. The third-order valence-corrected chi connectivity index (χ3v) is 3.81. The summed E-state index contributed by atoms with van der Waals surface area (Å²) < 4.78 is 1.22. The molecule has 88 valence electrons. The highest BCUT2D eigenvalue weighted by Gasteiger charge is 2.20. The van der Waals surface area contributed by atoms with E-state index in [4.69, 9.17) is 0 Å². The normalized spacial score (nSPS) is 19.4. The second-order valence-corrected chi connectivity index (χ2v) is 6.14. The molecule has 1 aromatic carbocycles. The van der Waals surface area contributed by atoms with E-state index in [1.807, 2.05) is 0 Å². The van der Waals surface area contributed by atoms with Gasteiger partial charge in [0.1, 0.15) is 0 Å². The SMILES string of the molecule is Cc1cc(Br)c2c(c1)CCC(CC(C)C)N2. The van der Waals surface area contributed by atoms with Gasteiger partial charge in [-0.1, -0.05) is 19.9 Å². The van der Waals surface area contributed by atoms with Crippen molar-refractivity contribution in [2.45, 2.75) is 46.1 Å². The average molecular weight is 282 g/mol. The van der Waals surface area contributed by atoms with Gasteiger partial charge in [-0.3, -0.25) is 0 Å². The monoisotopic (exact) mass is 281 g/mol. The lowest BCUT2D eigenvalue weighted by Gasteiger charge is -2.29. The van der Waals surface area contributed by atoms with Crippen LogP contribution in [0, 0.1) is 12.8 Å². The molecule has 0 bridgehead atoms. The first kappa shape index (κ1) is 12.0. The minimum absolute atomic E-state index is 0.645. The molecule has 1 aliphatic rings. The second-order valence-electron chi connectivity index (χ2n) is 5.29. The van der Waals surface area contributed by atoms with E-state index < -0.39 is 0 Å². The third-order valence-electron chi connectivity index (χ3n) is 3.18. The van der Waals surface area contributed by atoms with Gasteiger partial charge in [0.05, 0.1) is 5.69 Å². The number of halogens is 1. The van der Waals surface area contributed by atoms with Crippen LogP contribution in [0.25, 0.3) is 0 Å². The molecular weight excluding hydrogens is 262 g/mol. The van der Waals surface area contributed by atoms with E-state index in [1.165, 1.54) is 40.5 Å². The minimum atomic E-state index is 0.645. The zero-order chi connectivity index (χ0) is 11.7. The largest absolute Gasteiger partial charge is 0.381 e. The third kappa shape index (κ3) is 2.60. The first-order valence-corrected chi connectivity index (χ1v) is 6.91. The Balaban J connectivity index is 2.20. The zero-order valence-electron chi connectivity index (χ0n) is 10.3. The molecule has 0 aliphatic carbocycles. The number of rotatable bonds is 2. The van der Waals surface area contributed by atoms with Crippen LogP contribution in [0.1, 0.15) is 37.8 Å². The van der Waals surface area contributed by atoms with Crippen molar-refractivity contribution in [2.75, 3.05) is 5.32 Å². The van der Waals surface area contributed by atoms with Crippen LogP contribution in [-0.4, -0.2) is 6.04 Å². The van der Waals surface area contributed by atoms with Crippen LogP contribution in [-0.2, 0) is 6.42 Å². The molecule has 16 heavy (non-hydrogen) atoms. The summed E-state index contributed by atoms with van der Waals surface area (Å²) in [6, 6.07) is 5.15. The van der Waals surface area contributed by atoms with Gasteiger partial charge >= 0.3 is 0 Å². The molecular formula is C14H20BrN. The lowest BCUT2D eigenvalue weighted by Crippen LogP contribution is -2.27. The molecule has 0 saturated heterocycles. The number of hydrogen-bond donors (Lipinski definition) is 1. The van der Waals surface area contributed by atoms with Crippen LogP contribution in [0.2, 0.25) is 0 Å². The predicted octanol–water partition coefficient (Wildman–Crippen LogP) is 4.53. The minimum Gasteiger partial charge on any atom is -0.381 e. The van der Waals surface area contributed by atoms with Crippen molar-refractivity contribution in [1.29, 1.82) is 0 Å². The predicted molar refractivity (Wildman–Crippen MR) is 74.1 cm³/mol. The van der Waals surface area contributed by atoms with E-state index >= 15 is 0 Å². The Morgan fingerprint density at radius 1 is 1.44 bits per heavy atom. The molecule has 1 heterocycles. The Hall–Kier alpha value is -0.500. The highest BCUT2D eigenvalue weighted by Crippen LogP contribution is 2.34. The standard InChI is InChI=1S/C14H20BrN/c1-9(2)6-12-5-4-11-7-10(3)8-13(15)14(11)16-12/h7-9,12,16H,4-6H2,1-3H3. The van der Waals surface area contributed by atoms with Crippen molar-refractivity contribution in [2.24, 2.45) is 5.92 Å². The van der Waals surface area contributed by atoms with Gasteiger partial charge < -0.3 is 5.32 Å². The van der Waals surface area contributed by atoms with Gasteiger partial charge in [-0.05, 0) is 65.2 Å². The molecule has 1 unspecified atom stereocenters. The Bertz CT molecular complexity index is 385. The molecule has 0 saturated carbocycles. The van der Waals surface area contributed by atoms with Gasteiger partial charge in [0.25, 0.3) is 0 Å². The number of hydrogen-bond acceptors (Lipinski definition) is 1. The zero-order valence-corrected chi connectivity index (χ0v) is 11.9. The summed E-state index contributed by atoms with van der Waals surface area (Å²) in [5.74, 6) is 0.767. The van der Waals surface area contributed by atoms with Crippen molar-refractivity contribution < 1.29 is 0 Å². The molecule has 0 spiro atoms. The Morgan fingerprint density at radius 3 is 2.88 bits per heavy atom. The molecule has 1 N–H and O–H groups in total. The van der Waals surface area contributed by atoms with E-state index in [1.54, 1.807) is 0 Å². The summed E-state index contributed by atoms with van der Waals surface area (Å²) in [5, 5.41) is 3.68. The summed E-state index contributed by atoms with van der Waals surface area (Å²) in [6.07, 6.45) is 3.74. The first-order chi connectivity index (χ1) is 7.56. The molecule has 1 aliphatic heterocycles. The van der Waals surface area contributed by atoms with Gasteiger partial charge in [0, 0.05) is 10.5 Å². The van der Waals surface area contributed by atoms with Gasteiger partial charge in [-0.25, -0.2) is 0 Å². The molecule has 1 nitrogen and oxygen atoms in total. The van der Waals surface area contributed by atoms with Gasteiger partial charge in [0.2, 0.25) is 0 Å². The van der Waals surface area contributed by atoms with E-state index in [9.17, 15) is 0 Å². The second kappa shape index (κ2) is 4.79. The van der Waals surface area contributed by atoms with Crippen molar-refractivity contribution in [1.82, 2.24) is 0 Å². The van der Waals surface area contributed by atoms with Crippen LogP contribution >= 0.6 is 15.9 Å². The highest BCUT2D eigenvalue weighted by atomic mass is 79.9. The smallest absolute Gasteiger partial charge is 0.0519 e. The lowest BCUT2D eigenvalue weighted by atomic mass is 9.92. The molecule has 0 radical (unpaired) electrons. The molecule has 0 fully saturated rings. The van der Waals surface area contributed by atoms with E-state index in [-0.39, 0.29) is 0 Å².